The molecule has 1 saturated carbocycles. The molecule has 1 aromatic rings. The van der Waals surface area contributed by atoms with Crippen LogP contribution in [0.5, 0.6) is 5.75 Å². The normalized spacial score (nSPS) is 24.9. The lowest BCUT2D eigenvalue weighted by atomic mass is 9.85. The molecule has 2 nitrogen and oxygen atoms in total. The van der Waals surface area contributed by atoms with E-state index in [0.717, 1.165) is 11.3 Å². The minimum absolute atomic E-state index is 0.000208. The molecule has 2 aliphatic rings. The number of ketones is 1. The summed E-state index contributed by atoms with van der Waals surface area (Å²) in [5.41, 5.74) is 2.19. The van der Waals surface area contributed by atoms with Crippen LogP contribution in [0, 0.1) is 16.7 Å². The zero-order valence-corrected chi connectivity index (χ0v) is 13.3. The Morgan fingerprint density at radius 2 is 1.70 bits per heavy atom. The van der Waals surface area contributed by atoms with Gasteiger partial charge in [0.25, 0.3) is 0 Å². The minimum Gasteiger partial charge on any atom is -0.492 e. The molecular formula is C18H24O2. The van der Waals surface area contributed by atoms with Gasteiger partial charge in [-0.25, -0.2) is 0 Å². The predicted octanol–water partition coefficient (Wildman–Crippen LogP) is 4.22. The lowest BCUT2D eigenvalue weighted by Crippen LogP contribution is -2.18. The second-order valence-corrected chi connectivity index (χ2v) is 8.12. The van der Waals surface area contributed by atoms with Crippen molar-refractivity contribution in [1.29, 1.82) is 0 Å². The molecule has 1 aliphatic carbocycles. The van der Waals surface area contributed by atoms with Gasteiger partial charge in [-0.15, -0.1) is 0 Å². The SMILES string of the molecule is CC1(C)COc2ccc(C(=O)C3C(C)(C)C3(C)C)cc21. The van der Waals surface area contributed by atoms with Gasteiger partial charge in [0.2, 0.25) is 0 Å². The van der Waals surface area contributed by atoms with Gasteiger partial charge in [0, 0.05) is 22.5 Å². The maximum atomic E-state index is 12.8. The average Bonchev–Trinajstić information content (AvgIpc) is 2.62. The Labute approximate surface area is 121 Å². The lowest BCUT2D eigenvalue weighted by molar-refractivity contribution is 0.0945. The van der Waals surface area contributed by atoms with Gasteiger partial charge in [-0.3, -0.25) is 4.79 Å². The molecule has 0 atom stereocenters. The molecule has 0 aromatic heterocycles. The first kappa shape index (κ1) is 13.7. The highest BCUT2D eigenvalue weighted by Gasteiger charge is 2.67. The third kappa shape index (κ3) is 1.60. The summed E-state index contributed by atoms with van der Waals surface area (Å²) in [5.74, 6) is 1.34. The number of carbonyl (C=O) groups is 1. The van der Waals surface area contributed by atoms with Crippen LogP contribution < -0.4 is 4.74 Å². The number of hydrogen-bond donors (Lipinski definition) is 0. The van der Waals surface area contributed by atoms with Crippen LogP contribution in [0.2, 0.25) is 0 Å². The Kier molecular flexibility index (Phi) is 2.50. The van der Waals surface area contributed by atoms with Gasteiger partial charge in [-0.05, 0) is 29.0 Å². The van der Waals surface area contributed by atoms with Crippen molar-refractivity contribution in [2.24, 2.45) is 16.7 Å². The second kappa shape index (κ2) is 3.66. The molecular weight excluding hydrogens is 248 g/mol. The number of carbonyl (C=O) groups excluding carboxylic acids is 1. The summed E-state index contributed by atoms with van der Waals surface area (Å²) >= 11 is 0. The van der Waals surface area contributed by atoms with Gasteiger partial charge in [0.05, 0.1) is 6.61 Å². The van der Waals surface area contributed by atoms with E-state index in [1.54, 1.807) is 0 Å². The Morgan fingerprint density at radius 1 is 1.10 bits per heavy atom. The quantitative estimate of drug-likeness (QED) is 0.753. The number of hydrogen-bond acceptors (Lipinski definition) is 2. The molecule has 1 aromatic carbocycles. The first-order chi connectivity index (χ1) is 9.09. The highest BCUT2D eigenvalue weighted by molar-refractivity contribution is 6.01. The molecule has 1 fully saturated rings. The molecule has 0 unspecified atom stereocenters. The summed E-state index contributed by atoms with van der Waals surface area (Å²) in [7, 11) is 0. The molecule has 0 bridgehead atoms. The van der Waals surface area contributed by atoms with E-state index in [0.29, 0.717) is 6.61 Å². The molecule has 108 valence electrons. The molecule has 2 heteroatoms. The van der Waals surface area contributed by atoms with Crippen molar-refractivity contribution in [3.63, 3.8) is 0 Å². The third-order valence-corrected chi connectivity index (χ3v) is 5.86. The summed E-state index contributed by atoms with van der Waals surface area (Å²) in [6.45, 7) is 13.8. The molecule has 0 radical (unpaired) electrons. The molecule has 20 heavy (non-hydrogen) atoms. The zero-order valence-electron chi connectivity index (χ0n) is 13.3. The molecule has 1 aliphatic heterocycles. The molecule has 0 amide bonds. The van der Waals surface area contributed by atoms with Crippen molar-refractivity contribution in [2.45, 2.75) is 47.0 Å². The highest BCUT2D eigenvalue weighted by Crippen LogP contribution is 2.69. The van der Waals surface area contributed by atoms with Crippen molar-refractivity contribution in [2.75, 3.05) is 6.61 Å². The van der Waals surface area contributed by atoms with E-state index in [9.17, 15) is 4.79 Å². The van der Waals surface area contributed by atoms with Crippen LogP contribution in [0.25, 0.3) is 0 Å². The lowest BCUT2D eigenvalue weighted by Gasteiger charge is -2.15. The first-order valence-corrected chi connectivity index (χ1v) is 7.40. The molecule has 0 saturated heterocycles. The second-order valence-electron chi connectivity index (χ2n) is 8.12. The van der Waals surface area contributed by atoms with Crippen LogP contribution in [0.1, 0.15) is 57.5 Å². The topological polar surface area (TPSA) is 26.3 Å². The van der Waals surface area contributed by atoms with Crippen LogP contribution in [-0.4, -0.2) is 12.4 Å². The van der Waals surface area contributed by atoms with Crippen LogP contribution in [0.3, 0.4) is 0 Å². The zero-order chi connectivity index (χ0) is 14.9. The molecule has 0 N–H and O–H groups in total. The number of rotatable bonds is 2. The van der Waals surface area contributed by atoms with Crippen LogP contribution in [0.15, 0.2) is 18.2 Å². The van der Waals surface area contributed by atoms with Gasteiger partial charge in [-0.2, -0.15) is 0 Å². The monoisotopic (exact) mass is 272 g/mol. The van der Waals surface area contributed by atoms with Crippen molar-refractivity contribution in [1.82, 2.24) is 0 Å². The van der Waals surface area contributed by atoms with E-state index >= 15 is 0 Å². The third-order valence-electron chi connectivity index (χ3n) is 5.86. The Bertz CT molecular complexity index is 579. The van der Waals surface area contributed by atoms with Crippen molar-refractivity contribution in [3.8, 4) is 5.75 Å². The fraction of sp³-hybridized carbons (Fsp3) is 0.611. The van der Waals surface area contributed by atoms with Crippen LogP contribution >= 0.6 is 0 Å². The highest BCUT2D eigenvalue weighted by atomic mass is 16.5. The minimum atomic E-state index is 0.000208. The van der Waals surface area contributed by atoms with Gasteiger partial charge in [0.1, 0.15) is 5.75 Å². The predicted molar refractivity (Wildman–Crippen MR) is 80.3 cm³/mol. The van der Waals surface area contributed by atoms with Crippen molar-refractivity contribution >= 4 is 5.78 Å². The first-order valence-electron chi connectivity index (χ1n) is 7.40. The van der Waals surface area contributed by atoms with E-state index in [1.807, 2.05) is 12.1 Å². The fourth-order valence-electron chi connectivity index (χ4n) is 3.69. The molecule has 0 spiro atoms. The number of Topliss-reactive ketones (excluding diaryl/α,β-unsaturated/α-hetero) is 1. The van der Waals surface area contributed by atoms with E-state index in [2.05, 4.69) is 47.6 Å². The fourth-order valence-corrected chi connectivity index (χ4v) is 3.69. The van der Waals surface area contributed by atoms with Gasteiger partial charge < -0.3 is 4.74 Å². The van der Waals surface area contributed by atoms with E-state index in [-0.39, 0.29) is 27.9 Å². The number of fused-ring (bicyclic) bond motifs is 1. The number of ether oxygens (including phenoxy) is 1. The summed E-state index contributed by atoms with van der Waals surface area (Å²) in [6.07, 6.45) is 0. The van der Waals surface area contributed by atoms with E-state index in [4.69, 9.17) is 4.74 Å². The summed E-state index contributed by atoms with van der Waals surface area (Å²) < 4.78 is 5.70. The van der Waals surface area contributed by atoms with Crippen LogP contribution in [-0.2, 0) is 5.41 Å². The van der Waals surface area contributed by atoms with Gasteiger partial charge in [0.15, 0.2) is 5.78 Å². The molecule has 3 rings (SSSR count). The maximum absolute atomic E-state index is 12.8. The summed E-state index contributed by atoms with van der Waals surface area (Å²) in [6, 6.07) is 5.93. The molecule has 1 heterocycles. The van der Waals surface area contributed by atoms with Crippen LogP contribution in [0.4, 0.5) is 0 Å². The largest absolute Gasteiger partial charge is 0.492 e. The van der Waals surface area contributed by atoms with E-state index in [1.165, 1.54) is 5.56 Å². The average molecular weight is 272 g/mol. The Hall–Kier alpha value is -1.31. The van der Waals surface area contributed by atoms with E-state index < -0.39 is 0 Å². The smallest absolute Gasteiger partial charge is 0.167 e. The standard InChI is InChI=1S/C18H24O2/c1-16(2)10-20-13-8-7-11(9-12(13)16)14(19)15-17(3,4)18(15,5)6/h7-9,15H,10H2,1-6H3. The van der Waals surface area contributed by atoms with Crippen molar-refractivity contribution < 1.29 is 9.53 Å². The van der Waals surface area contributed by atoms with Crippen molar-refractivity contribution in [3.05, 3.63) is 29.3 Å². The number of benzene rings is 1. The van der Waals surface area contributed by atoms with Gasteiger partial charge >= 0.3 is 0 Å². The Morgan fingerprint density at radius 3 is 2.25 bits per heavy atom. The Balaban J connectivity index is 1.96. The van der Waals surface area contributed by atoms with Gasteiger partial charge in [-0.1, -0.05) is 41.5 Å². The summed E-state index contributed by atoms with van der Waals surface area (Å²) in [5, 5.41) is 0. The summed E-state index contributed by atoms with van der Waals surface area (Å²) in [4.78, 5) is 12.8. The maximum Gasteiger partial charge on any atom is 0.167 e.